The molecule has 6 nitrogen and oxygen atoms in total. The number of carbonyl (C=O) groups excluding carboxylic acids is 1. The van der Waals surface area contributed by atoms with Crippen LogP contribution in [0.15, 0.2) is 28.8 Å². The van der Waals surface area contributed by atoms with Gasteiger partial charge in [-0.25, -0.2) is 0 Å². The van der Waals surface area contributed by atoms with Gasteiger partial charge in [-0.05, 0) is 58.4 Å². The Morgan fingerprint density at radius 3 is 2.52 bits per heavy atom. The number of hydrogen-bond acceptors (Lipinski definition) is 5. The first-order valence-corrected chi connectivity index (χ1v) is 7.63. The lowest BCUT2D eigenvalue weighted by Crippen LogP contribution is -2.32. The number of aromatic nitrogens is 1. The SMILES string of the molecule is Cc1cc(NC(=O)C(C)Nc2ccc(OC(C)C)c(C)c2)no1. The van der Waals surface area contributed by atoms with Gasteiger partial charge in [-0.15, -0.1) is 0 Å². The third-order valence-electron chi connectivity index (χ3n) is 3.19. The average molecular weight is 317 g/mol. The molecule has 0 aliphatic heterocycles. The summed E-state index contributed by atoms with van der Waals surface area (Å²) in [5.74, 6) is 1.73. The van der Waals surface area contributed by atoms with Crippen molar-refractivity contribution in [3.05, 3.63) is 35.6 Å². The predicted octanol–water partition coefficient (Wildman–Crippen LogP) is 3.52. The van der Waals surface area contributed by atoms with Crippen LogP contribution in [0, 0.1) is 13.8 Å². The molecule has 124 valence electrons. The quantitative estimate of drug-likeness (QED) is 0.852. The summed E-state index contributed by atoms with van der Waals surface area (Å²) in [6.45, 7) is 9.52. The highest BCUT2D eigenvalue weighted by molar-refractivity contribution is 5.95. The smallest absolute Gasteiger partial charge is 0.247 e. The van der Waals surface area contributed by atoms with Crippen molar-refractivity contribution in [3.63, 3.8) is 0 Å². The molecule has 2 N–H and O–H groups in total. The topological polar surface area (TPSA) is 76.4 Å². The maximum absolute atomic E-state index is 12.1. The second kappa shape index (κ2) is 7.17. The van der Waals surface area contributed by atoms with Crippen molar-refractivity contribution in [3.8, 4) is 5.75 Å². The minimum atomic E-state index is -0.414. The molecular formula is C17H23N3O3. The highest BCUT2D eigenvalue weighted by Gasteiger charge is 2.15. The van der Waals surface area contributed by atoms with Gasteiger partial charge in [-0.1, -0.05) is 5.16 Å². The van der Waals surface area contributed by atoms with E-state index in [0.29, 0.717) is 11.6 Å². The van der Waals surface area contributed by atoms with Gasteiger partial charge in [0.15, 0.2) is 5.82 Å². The lowest BCUT2D eigenvalue weighted by molar-refractivity contribution is -0.116. The minimum absolute atomic E-state index is 0.128. The van der Waals surface area contributed by atoms with Gasteiger partial charge in [-0.3, -0.25) is 4.79 Å². The molecule has 0 aliphatic rings. The van der Waals surface area contributed by atoms with Crippen molar-refractivity contribution in [2.75, 3.05) is 10.6 Å². The minimum Gasteiger partial charge on any atom is -0.491 e. The van der Waals surface area contributed by atoms with Crippen LogP contribution in [0.3, 0.4) is 0 Å². The zero-order chi connectivity index (χ0) is 17.0. The van der Waals surface area contributed by atoms with Gasteiger partial charge < -0.3 is 19.9 Å². The number of hydrogen-bond donors (Lipinski definition) is 2. The van der Waals surface area contributed by atoms with Crippen LogP contribution in [0.5, 0.6) is 5.75 Å². The summed E-state index contributed by atoms with van der Waals surface area (Å²) in [4.78, 5) is 12.1. The fourth-order valence-corrected chi connectivity index (χ4v) is 2.10. The number of rotatable bonds is 6. The van der Waals surface area contributed by atoms with Crippen molar-refractivity contribution in [1.82, 2.24) is 5.16 Å². The molecule has 0 radical (unpaired) electrons. The fourth-order valence-electron chi connectivity index (χ4n) is 2.10. The van der Waals surface area contributed by atoms with Gasteiger partial charge >= 0.3 is 0 Å². The third-order valence-corrected chi connectivity index (χ3v) is 3.19. The molecule has 0 saturated carbocycles. The van der Waals surface area contributed by atoms with E-state index in [-0.39, 0.29) is 12.0 Å². The number of anilines is 2. The molecule has 0 fully saturated rings. The van der Waals surface area contributed by atoms with Crippen molar-refractivity contribution in [2.24, 2.45) is 0 Å². The van der Waals surface area contributed by atoms with Gasteiger partial charge in [-0.2, -0.15) is 0 Å². The van der Waals surface area contributed by atoms with E-state index >= 15 is 0 Å². The van der Waals surface area contributed by atoms with Crippen LogP contribution in [-0.2, 0) is 4.79 Å². The average Bonchev–Trinajstić information content (AvgIpc) is 2.86. The first kappa shape index (κ1) is 16.9. The lowest BCUT2D eigenvalue weighted by Gasteiger charge is -2.17. The summed E-state index contributed by atoms with van der Waals surface area (Å²) in [5.41, 5.74) is 1.88. The van der Waals surface area contributed by atoms with E-state index < -0.39 is 6.04 Å². The number of nitrogens with zero attached hydrogens (tertiary/aromatic N) is 1. The summed E-state index contributed by atoms with van der Waals surface area (Å²) in [5, 5.41) is 9.62. The van der Waals surface area contributed by atoms with E-state index in [1.807, 2.05) is 39.0 Å². The molecule has 1 amide bonds. The normalized spacial score (nSPS) is 12.1. The van der Waals surface area contributed by atoms with Crippen molar-refractivity contribution in [1.29, 1.82) is 0 Å². The number of aryl methyl sites for hydroxylation is 2. The molecule has 2 aromatic rings. The number of carbonyl (C=O) groups is 1. The van der Waals surface area contributed by atoms with Crippen LogP contribution >= 0.6 is 0 Å². The molecule has 1 atom stereocenters. The molecule has 0 aliphatic carbocycles. The van der Waals surface area contributed by atoms with E-state index in [0.717, 1.165) is 17.0 Å². The van der Waals surface area contributed by atoms with Gasteiger partial charge in [0.25, 0.3) is 0 Å². The Bertz CT molecular complexity index is 679. The standard InChI is InChI=1S/C17H23N3O3/c1-10(2)22-15-7-6-14(8-11(15)3)18-13(5)17(21)19-16-9-12(4)23-20-16/h6-10,13,18H,1-5H3,(H,19,20,21). The molecule has 23 heavy (non-hydrogen) atoms. The largest absolute Gasteiger partial charge is 0.491 e. The Kier molecular flexibility index (Phi) is 5.26. The second-order valence-corrected chi connectivity index (χ2v) is 5.82. The van der Waals surface area contributed by atoms with E-state index in [9.17, 15) is 4.79 Å². The molecule has 1 aromatic carbocycles. The zero-order valence-electron chi connectivity index (χ0n) is 14.1. The van der Waals surface area contributed by atoms with Crippen molar-refractivity contribution < 1.29 is 14.1 Å². The van der Waals surface area contributed by atoms with E-state index in [4.69, 9.17) is 9.26 Å². The summed E-state index contributed by atoms with van der Waals surface area (Å²) in [7, 11) is 0. The van der Waals surface area contributed by atoms with Crippen LogP contribution in [0.1, 0.15) is 32.1 Å². The maximum Gasteiger partial charge on any atom is 0.247 e. The molecule has 0 spiro atoms. The summed E-state index contributed by atoms with van der Waals surface area (Å²) >= 11 is 0. The van der Waals surface area contributed by atoms with Gasteiger partial charge in [0.1, 0.15) is 17.6 Å². The van der Waals surface area contributed by atoms with Crippen LogP contribution in [0.25, 0.3) is 0 Å². The molecule has 1 unspecified atom stereocenters. The van der Waals surface area contributed by atoms with E-state index in [2.05, 4.69) is 15.8 Å². The molecule has 0 bridgehead atoms. The Morgan fingerprint density at radius 1 is 1.22 bits per heavy atom. The Hall–Kier alpha value is -2.50. The summed E-state index contributed by atoms with van der Waals surface area (Å²) < 4.78 is 10.6. The zero-order valence-corrected chi connectivity index (χ0v) is 14.1. The molecular weight excluding hydrogens is 294 g/mol. The van der Waals surface area contributed by atoms with Gasteiger partial charge in [0.2, 0.25) is 5.91 Å². The molecule has 0 saturated heterocycles. The number of amides is 1. The van der Waals surface area contributed by atoms with Crippen LogP contribution < -0.4 is 15.4 Å². The van der Waals surface area contributed by atoms with Gasteiger partial charge in [0, 0.05) is 11.8 Å². The summed E-state index contributed by atoms with van der Waals surface area (Å²) in [6.07, 6.45) is 0.128. The Labute approximate surface area is 136 Å². The van der Waals surface area contributed by atoms with Gasteiger partial charge in [0.05, 0.1) is 6.10 Å². The highest BCUT2D eigenvalue weighted by atomic mass is 16.5. The molecule has 1 aromatic heterocycles. The van der Waals surface area contributed by atoms with E-state index in [1.54, 1.807) is 19.9 Å². The van der Waals surface area contributed by atoms with Crippen molar-refractivity contribution >= 4 is 17.4 Å². The van der Waals surface area contributed by atoms with E-state index in [1.165, 1.54) is 0 Å². The third kappa shape index (κ3) is 4.74. The first-order valence-electron chi connectivity index (χ1n) is 7.63. The summed E-state index contributed by atoms with van der Waals surface area (Å²) in [6, 6.07) is 7.02. The molecule has 2 rings (SSSR count). The van der Waals surface area contributed by atoms with Crippen LogP contribution in [0.4, 0.5) is 11.5 Å². The number of benzene rings is 1. The first-order chi connectivity index (χ1) is 10.8. The number of nitrogens with one attached hydrogen (secondary N) is 2. The molecule has 6 heteroatoms. The monoisotopic (exact) mass is 317 g/mol. The second-order valence-electron chi connectivity index (χ2n) is 5.82. The fraction of sp³-hybridized carbons (Fsp3) is 0.412. The predicted molar refractivity (Wildman–Crippen MR) is 89.9 cm³/mol. The number of ether oxygens (including phenoxy) is 1. The maximum atomic E-state index is 12.1. The lowest BCUT2D eigenvalue weighted by atomic mass is 10.2. The molecule has 1 heterocycles. The Morgan fingerprint density at radius 2 is 1.96 bits per heavy atom. The Balaban J connectivity index is 1.97. The van der Waals surface area contributed by atoms with Crippen LogP contribution in [-0.4, -0.2) is 23.2 Å². The van der Waals surface area contributed by atoms with Crippen molar-refractivity contribution in [2.45, 2.75) is 46.8 Å². The highest BCUT2D eigenvalue weighted by Crippen LogP contribution is 2.23. The van der Waals surface area contributed by atoms with Crippen LogP contribution in [0.2, 0.25) is 0 Å².